The van der Waals surface area contributed by atoms with Crippen LogP contribution in [0.15, 0.2) is 77.0 Å². The van der Waals surface area contributed by atoms with Gasteiger partial charge in [-0.2, -0.15) is 9.78 Å². The monoisotopic (exact) mass is 526 g/mol. The summed E-state index contributed by atoms with van der Waals surface area (Å²) in [6.45, 7) is 2.42. The summed E-state index contributed by atoms with van der Waals surface area (Å²) >= 11 is 13.8. The molecule has 4 rings (SSSR count). The van der Waals surface area contributed by atoms with Crippen LogP contribution in [-0.2, 0) is 12.2 Å². The zero-order valence-corrected chi connectivity index (χ0v) is 21.6. The molecule has 0 N–H and O–H groups in total. The first-order valence-electron chi connectivity index (χ1n) is 10.9. The largest absolute Gasteiger partial charge is 0.493 e. The van der Waals surface area contributed by atoms with Crippen LogP contribution in [0.3, 0.4) is 0 Å². The van der Waals surface area contributed by atoms with E-state index >= 15 is 0 Å². The number of methoxy groups -OCH3 is 1. The van der Waals surface area contributed by atoms with Crippen LogP contribution in [0.1, 0.15) is 22.5 Å². The lowest BCUT2D eigenvalue weighted by atomic mass is 10.2. The summed E-state index contributed by atoms with van der Waals surface area (Å²) < 4.78 is 13.2. The van der Waals surface area contributed by atoms with E-state index in [1.54, 1.807) is 24.1 Å². The summed E-state index contributed by atoms with van der Waals surface area (Å²) in [7, 11) is 1.63. The molecule has 1 heterocycles. The third-order valence-electron chi connectivity index (χ3n) is 5.14. The van der Waals surface area contributed by atoms with Gasteiger partial charge in [-0.3, -0.25) is 0 Å². The van der Waals surface area contributed by atoms with Crippen molar-refractivity contribution in [3.63, 3.8) is 0 Å². The van der Waals surface area contributed by atoms with Crippen LogP contribution in [0.25, 0.3) is 0 Å². The fraction of sp³-hybridized carbons (Fsp3) is 0.192. The molecule has 6 nitrogen and oxygen atoms in total. The van der Waals surface area contributed by atoms with Crippen LogP contribution in [0.4, 0.5) is 0 Å². The summed E-state index contributed by atoms with van der Waals surface area (Å²) in [6.07, 6.45) is 2.56. The second kappa shape index (κ2) is 12.1. The first-order valence-corrected chi connectivity index (χ1v) is 12.7. The molecule has 35 heavy (non-hydrogen) atoms. The van der Waals surface area contributed by atoms with Crippen LogP contribution in [0.2, 0.25) is 10.0 Å². The van der Waals surface area contributed by atoms with Crippen molar-refractivity contribution in [1.29, 1.82) is 0 Å². The number of thioether (sulfide) groups is 1. The maximum Gasteiger partial charge on any atom is 0.212 e. The van der Waals surface area contributed by atoms with Crippen molar-refractivity contribution >= 4 is 41.2 Å². The molecular weight excluding hydrogens is 503 g/mol. The topological polar surface area (TPSA) is 61.5 Å². The van der Waals surface area contributed by atoms with Gasteiger partial charge in [0.15, 0.2) is 17.3 Å². The molecule has 0 fully saturated rings. The number of aryl methyl sites for hydroxylation is 1. The van der Waals surface area contributed by atoms with Crippen molar-refractivity contribution in [3.8, 4) is 11.5 Å². The highest BCUT2D eigenvalue weighted by Gasteiger charge is 2.11. The minimum atomic E-state index is 0.561. The first-order chi connectivity index (χ1) is 17.0. The van der Waals surface area contributed by atoms with Gasteiger partial charge in [0.2, 0.25) is 5.16 Å². The average molecular weight is 527 g/mol. The zero-order chi connectivity index (χ0) is 24.6. The molecule has 9 heteroatoms. The Morgan fingerprint density at radius 1 is 1.00 bits per heavy atom. The minimum Gasteiger partial charge on any atom is -0.493 e. The van der Waals surface area contributed by atoms with Gasteiger partial charge in [-0.25, -0.2) is 0 Å². The number of hydrogen-bond acceptors (Lipinski definition) is 6. The molecular formula is C26H24Cl2N4O2S. The van der Waals surface area contributed by atoms with Crippen molar-refractivity contribution < 1.29 is 9.47 Å². The molecule has 0 bridgehead atoms. The van der Waals surface area contributed by atoms with Crippen LogP contribution in [0, 0.1) is 6.92 Å². The molecule has 0 saturated heterocycles. The number of aromatic nitrogens is 3. The van der Waals surface area contributed by atoms with Gasteiger partial charge in [0.05, 0.1) is 19.9 Å². The summed E-state index contributed by atoms with van der Waals surface area (Å²) in [4.78, 5) is 0. The lowest BCUT2D eigenvalue weighted by Crippen LogP contribution is -2.03. The molecule has 0 aliphatic carbocycles. The fourth-order valence-corrected chi connectivity index (χ4v) is 4.76. The molecule has 0 atom stereocenters. The maximum atomic E-state index is 6.29. The molecule has 0 aliphatic rings. The third kappa shape index (κ3) is 6.78. The quantitative estimate of drug-likeness (QED) is 0.170. The summed E-state index contributed by atoms with van der Waals surface area (Å²) in [5.74, 6) is 2.64. The molecule has 0 amide bonds. The van der Waals surface area contributed by atoms with E-state index in [0.29, 0.717) is 44.9 Å². The van der Waals surface area contributed by atoms with E-state index in [4.69, 9.17) is 32.7 Å². The van der Waals surface area contributed by atoms with Gasteiger partial charge in [-0.05, 0) is 53.9 Å². The molecule has 3 aromatic carbocycles. The molecule has 1 aromatic heterocycles. The predicted octanol–water partition coefficient (Wildman–Crippen LogP) is 6.70. The molecule has 0 saturated carbocycles. The fourth-order valence-electron chi connectivity index (χ4n) is 3.27. The van der Waals surface area contributed by atoms with Crippen LogP contribution < -0.4 is 9.47 Å². The first kappa shape index (κ1) is 25.1. The normalized spacial score (nSPS) is 11.2. The van der Waals surface area contributed by atoms with E-state index in [2.05, 4.69) is 27.4 Å². The number of halogens is 2. The van der Waals surface area contributed by atoms with Crippen LogP contribution >= 0.6 is 35.0 Å². The third-order valence-corrected chi connectivity index (χ3v) is 6.70. The standard InChI is InChI=1S/C26H24Cl2N4O2S/c1-18-30-31-26(35-17-21-9-10-22(27)15-23(21)28)32(18)29-16-20-8-11-24(25(14-20)33-2)34-13-12-19-6-4-3-5-7-19/h3-11,14-16H,12-13,17H2,1-2H3/b29-16+. The Labute approximate surface area is 218 Å². The van der Waals surface area contributed by atoms with Crippen LogP contribution in [-0.4, -0.2) is 34.8 Å². The van der Waals surface area contributed by atoms with Crippen molar-refractivity contribution in [2.75, 3.05) is 13.7 Å². The number of rotatable bonds is 10. The Hall–Kier alpha value is -3.00. The van der Waals surface area contributed by atoms with Gasteiger partial charge in [0.25, 0.3) is 0 Å². The number of hydrogen-bond donors (Lipinski definition) is 0. The SMILES string of the molecule is COc1cc(/C=N/n2c(C)nnc2SCc2ccc(Cl)cc2Cl)ccc1OCCc1ccccc1. The minimum absolute atomic E-state index is 0.561. The van der Waals surface area contributed by atoms with E-state index in [9.17, 15) is 0 Å². The summed E-state index contributed by atoms with van der Waals surface area (Å²) in [5, 5.41) is 14.9. The summed E-state index contributed by atoms with van der Waals surface area (Å²) in [6, 6.07) is 21.4. The lowest BCUT2D eigenvalue weighted by molar-refractivity contribution is 0.297. The van der Waals surface area contributed by atoms with Gasteiger partial charge in [-0.1, -0.05) is 71.4 Å². The highest BCUT2D eigenvalue weighted by atomic mass is 35.5. The van der Waals surface area contributed by atoms with Gasteiger partial charge in [0, 0.05) is 22.2 Å². The Morgan fingerprint density at radius 2 is 1.83 bits per heavy atom. The Morgan fingerprint density at radius 3 is 2.60 bits per heavy atom. The van der Waals surface area contributed by atoms with Crippen molar-refractivity contribution in [1.82, 2.24) is 14.9 Å². The zero-order valence-electron chi connectivity index (χ0n) is 19.3. The van der Waals surface area contributed by atoms with E-state index in [1.165, 1.54) is 17.3 Å². The van der Waals surface area contributed by atoms with Crippen LogP contribution in [0.5, 0.6) is 11.5 Å². The molecule has 0 aliphatic heterocycles. The second-order valence-corrected chi connectivity index (χ2v) is 9.39. The van der Waals surface area contributed by atoms with Crippen molar-refractivity contribution in [2.45, 2.75) is 24.3 Å². The Balaban J connectivity index is 1.42. The molecule has 0 radical (unpaired) electrons. The smallest absolute Gasteiger partial charge is 0.212 e. The second-order valence-electron chi connectivity index (χ2n) is 7.60. The highest BCUT2D eigenvalue weighted by Crippen LogP contribution is 2.29. The van der Waals surface area contributed by atoms with E-state index < -0.39 is 0 Å². The molecule has 4 aromatic rings. The average Bonchev–Trinajstić information content (AvgIpc) is 3.22. The Kier molecular flexibility index (Phi) is 8.69. The number of nitrogens with zero attached hydrogens (tertiary/aromatic N) is 4. The van der Waals surface area contributed by atoms with E-state index in [-0.39, 0.29) is 0 Å². The van der Waals surface area contributed by atoms with Gasteiger partial charge < -0.3 is 9.47 Å². The molecule has 0 unspecified atom stereocenters. The predicted molar refractivity (Wildman–Crippen MR) is 142 cm³/mol. The number of ether oxygens (including phenoxy) is 2. The van der Waals surface area contributed by atoms with Crippen molar-refractivity contribution in [3.05, 3.63) is 99.3 Å². The Bertz CT molecular complexity index is 1310. The number of benzene rings is 3. The van der Waals surface area contributed by atoms with Gasteiger partial charge >= 0.3 is 0 Å². The maximum absolute atomic E-state index is 6.29. The van der Waals surface area contributed by atoms with E-state index in [0.717, 1.165) is 17.5 Å². The van der Waals surface area contributed by atoms with Gasteiger partial charge in [-0.15, -0.1) is 10.2 Å². The molecule has 180 valence electrons. The lowest BCUT2D eigenvalue weighted by Gasteiger charge is -2.11. The highest BCUT2D eigenvalue weighted by molar-refractivity contribution is 7.98. The summed E-state index contributed by atoms with van der Waals surface area (Å²) in [5.41, 5.74) is 3.05. The molecule has 0 spiro atoms. The van der Waals surface area contributed by atoms with E-state index in [1.807, 2.05) is 55.5 Å². The van der Waals surface area contributed by atoms with Gasteiger partial charge in [0.1, 0.15) is 0 Å². The van der Waals surface area contributed by atoms with Crippen molar-refractivity contribution in [2.24, 2.45) is 5.10 Å².